The highest BCUT2D eigenvalue weighted by atomic mass is 35.5. The monoisotopic (exact) mass is 233 g/mol. The van der Waals surface area contributed by atoms with Gasteiger partial charge in [-0.3, -0.25) is 4.79 Å². The average molecular weight is 234 g/mol. The Bertz CT molecular complexity index is 434. The highest BCUT2D eigenvalue weighted by Crippen LogP contribution is 2.38. The van der Waals surface area contributed by atoms with Crippen LogP contribution in [0, 0.1) is 0 Å². The van der Waals surface area contributed by atoms with Crippen LogP contribution in [0.15, 0.2) is 12.1 Å². The van der Waals surface area contributed by atoms with Crippen LogP contribution in [0.1, 0.15) is 14.5 Å². The van der Waals surface area contributed by atoms with Crippen LogP contribution in [0.3, 0.4) is 0 Å². The molecule has 0 N–H and O–H groups in total. The van der Waals surface area contributed by atoms with E-state index in [-0.39, 0.29) is 22.8 Å². The summed E-state index contributed by atoms with van der Waals surface area (Å²) in [7, 11) is -0.0413. The van der Waals surface area contributed by atoms with Crippen molar-refractivity contribution in [2.75, 3.05) is 21.3 Å². The summed E-state index contributed by atoms with van der Waals surface area (Å²) in [5.41, 5.74) is 0.114. The second-order valence-electron chi connectivity index (χ2n) is 2.59. The largest absolute Gasteiger partial charge is 0.493 e. The van der Waals surface area contributed by atoms with E-state index in [1.807, 2.05) is 0 Å². The molecule has 0 heterocycles. The van der Waals surface area contributed by atoms with Gasteiger partial charge in [-0.05, 0) is 23.7 Å². The first-order chi connectivity index (χ1) is 8.28. The molecular formula is C10H11ClO4. The summed E-state index contributed by atoms with van der Waals surface area (Å²) in [6.45, 7) is 0. The van der Waals surface area contributed by atoms with Crippen LogP contribution >= 0.6 is 11.6 Å². The topological polar surface area (TPSA) is 44.8 Å². The molecule has 82 valence electrons. The lowest BCUT2D eigenvalue weighted by molar-refractivity contribution is 0.108. The van der Waals surface area contributed by atoms with Gasteiger partial charge in [0.05, 0.1) is 25.4 Å². The zero-order valence-corrected chi connectivity index (χ0v) is 8.92. The zero-order chi connectivity index (χ0) is 13.9. The molecular weight excluding hydrogens is 220 g/mol. The third-order valence-electron chi connectivity index (χ3n) is 1.79. The number of methoxy groups -OCH3 is 3. The van der Waals surface area contributed by atoms with E-state index >= 15 is 0 Å². The summed E-state index contributed by atoms with van der Waals surface area (Å²) in [6.07, 6.45) is 0. The number of ether oxygens (including phenoxy) is 3. The molecule has 15 heavy (non-hydrogen) atoms. The van der Waals surface area contributed by atoms with E-state index in [1.165, 1.54) is 26.4 Å². The molecule has 4 nitrogen and oxygen atoms in total. The first-order valence-corrected chi connectivity index (χ1v) is 4.31. The smallest absolute Gasteiger partial charge is 0.252 e. The van der Waals surface area contributed by atoms with Crippen molar-refractivity contribution in [1.82, 2.24) is 0 Å². The molecule has 1 rings (SSSR count). The lowest BCUT2D eigenvalue weighted by atomic mass is 10.2. The molecule has 0 aliphatic rings. The van der Waals surface area contributed by atoms with Gasteiger partial charge in [0, 0.05) is 5.56 Å². The highest BCUT2D eigenvalue weighted by Gasteiger charge is 2.15. The number of halogens is 1. The maximum Gasteiger partial charge on any atom is 0.252 e. The molecule has 0 bridgehead atoms. The molecule has 0 saturated heterocycles. The Morgan fingerprint density at radius 3 is 2.13 bits per heavy atom. The maximum atomic E-state index is 11.1. The predicted octanol–water partition coefficient (Wildman–Crippen LogP) is 2.09. The average Bonchev–Trinajstić information content (AvgIpc) is 2.26. The minimum absolute atomic E-state index is 0.0504. The quantitative estimate of drug-likeness (QED) is 0.747. The molecule has 1 aromatic rings. The second kappa shape index (κ2) is 4.89. The van der Waals surface area contributed by atoms with Crippen LogP contribution in [0.4, 0.5) is 0 Å². The molecule has 0 radical (unpaired) electrons. The number of hydrogen-bond donors (Lipinski definition) is 0. The second-order valence-corrected chi connectivity index (χ2v) is 2.93. The molecule has 0 aromatic heterocycles. The van der Waals surface area contributed by atoms with Crippen molar-refractivity contribution in [3.8, 4) is 17.2 Å². The third-order valence-corrected chi connectivity index (χ3v) is 2.01. The standard InChI is InChI=1S/C10H11ClO4/c1-13-7-4-6(10(11)12)5-8(14-2)9(7)15-3/h4-5H,1-3H3/i3D3. The van der Waals surface area contributed by atoms with Gasteiger partial charge in [0.25, 0.3) is 5.24 Å². The molecule has 0 aliphatic heterocycles. The SMILES string of the molecule is [2H]C([2H])([2H])Oc1c(OC)cc(C(=O)Cl)cc1OC. The Kier molecular flexibility index (Phi) is 2.55. The summed E-state index contributed by atoms with van der Waals surface area (Å²) in [5, 5.41) is -0.716. The van der Waals surface area contributed by atoms with Crippen molar-refractivity contribution in [3.05, 3.63) is 17.7 Å². The van der Waals surface area contributed by atoms with Gasteiger partial charge in [-0.25, -0.2) is 0 Å². The van der Waals surface area contributed by atoms with Crippen molar-refractivity contribution >= 4 is 16.8 Å². The van der Waals surface area contributed by atoms with Gasteiger partial charge in [0.2, 0.25) is 5.75 Å². The third kappa shape index (κ3) is 2.33. The van der Waals surface area contributed by atoms with E-state index in [2.05, 4.69) is 0 Å². The Morgan fingerprint density at radius 1 is 1.27 bits per heavy atom. The first kappa shape index (κ1) is 7.82. The van der Waals surface area contributed by atoms with Crippen molar-refractivity contribution in [2.24, 2.45) is 0 Å². The van der Waals surface area contributed by atoms with E-state index < -0.39 is 12.3 Å². The first-order valence-electron chi connectivity index (χ1n) is 5.43. The van der Waals surface area contributed by atoms with Gasteiger partial charge in [-0.1, -0.05) is 0 Å². The molecule has 0 spiro atoms. The number of rotatable bonds is 4. The van der Waals surface area contributed by atoms with Gasteiger partial charge >= 0.3 is 0 Å². The van der Waals surface area contributed by atoms with Gasteiger partial charge in [-0.15, -0.1) is 0 Å². The van der Waals surface area contributed by atoms with Gasteiger partial charge < -0.3 is 14.2 Å². The fraction of sp³-hybridized carbons (Fsp3) is 0.300. The van der Waals surface area contributed by atoms with Crippen molar-refractivity contribution < 1.29 is 23.1 Å². The predicted molar refractivity (Wildman–Crippen MR) is 56.3 cm³/mol. The van der Waals surface area contributed by atoms with Crippen LogP contribution in [0.25, 0.3) is 0 Å². The summed E-state index contributed by atoms with van der Waals surface area (Å²) in [6, 6.07) is 2.55. The van der Waals surface area contributed by atoms with Crippen LogP contribution in [-0.2, 0) is 0 Å². The Morgan fingerprint density at radius 2 is 1.80 bits per heavy atom. The van der Waals surface area contributed by atoms with Gasteiger partial charge in [-0.2, -0.15) is 0 Å². The van der Waals surface area contributed by atoms with E-state index in [1.54, 1.807) is 0 Å². The Labute approximate surface area is 96.9 Å². The van der Waals surface area contributed by atoms with Gasteiger partial charge in [0.1, 0.15) is 0 Å². The summed E-state index contributed by atoms with van der Waals surface area (Å²) < 4.78 is 35.9. The molecule has 0 unspecified atom stereocenters. The highest BCUT2D eigenvalue weighted by molar-refractivity contribution is 6.67. The molecule has 0 amide bonds. The zero-order valence-electron chi connectivity index (χ0n) is 11.2. The van der Waals surface area contributed by atoms with Crippen LogP contribution < -0.4 is 14.2 Å². The lowest BCUT2D eigenvalue weighted by Gasteiger charge is -2.12. The van der Waals surface area contributed by atoms with Crippen molar-refractivity contribution in [3.63, 3.8) is 0 Å². The molecule has 5 heteroatoms. The molecule has 0 atom stereocenters. The maximum absolute atomic E-state index is 11.1. The van der Waals surface area contributed by atoms with Gasteiger partial charge in [0.15, 0.2) is 11.5 Å². The lowest BCUT2D eigenvalue weighted by Crippen LogP contribution is -1.98. The molecule has 0 fully saturated rings. The van der Waals surface area contributed by atoms with Crippen LogP contribution in [0.5, 0.6) is 17.2 Å². The summed E-state index contributed by atoms with van der Waals surface area (Å²) in [4.78, 5) is 11.1. The Balaban J connectivity index is 3.34. The summed E-state index contributed by atoms with van der Waals surface area (Å²) in [5.74, 6) is -0.00869. The fourth-order valence-electron chi connectivity index (χ4n) is 1.09. The summed E-state index contributed by atoms with van der Waals surface area (Å²) >= 11 is 5.34. The minimum Gasteiger partial charge on any atom is -0.493 e. The molecule has 0 aliphatic carbocycles. The van der Waals surface area contributed by atoms with E-state index in [4.69, 9.17) is 29.9 Å². The molecule has 0 saturated carbocycles. The van der Waals surface area contributed by atoms with E-state index in [0.29, 0.717) is 0 Å². The fourth-order valence-corrected chi connectivity index (χ4v) is 1.20. The number of hydrogen-bond acceptors (Lipinski definition) is 4. The number of carbonyl (C=O) groups excluding carboxylic acids is 1. The Hall–Kier alpha value is -1.42. The van der Waals surface area contributed by atoms with Crippen LogP contribution in [0.2, 0.25) is 0 Å². The normalized spacial score (nSPS) is 13.4. The van der Waals surface area contributed by atoms with Crippen LogP contribution in [-0.4, -0.2) is 26.5 Å². The van der Waals surface area contributed by atoms with Crippen molar-refractivity contribution in [2.45, 2.75) is 0 Å². The van der Waals surface area contributed by atoms with E-state index in [9.17, 15) is 4.79 Å². The number of benzene rings is 1. The minimum atomic E-state index is -2.66. The van der Waals surface area contributed by atoms with E-state index in [0.717, 1.165) is 0 Å². The van der Waals surface area contributed by atoms with Crippen molar-refractivity contribution in [1.29, 1.82) is 0 Å². The molecule has 1 aromatic carbocycles. The number of carbonyl (C=O) groups is 1.